The molecule has 0 fully saturated rings. The van der Waals surface area contributed by atoms with Crippen LogP contribution in [0.1, 0.15) is 6.92 Å². The lowest BCUT2D eigenvalue weighted by atomic mass is 10.2. The van der Waals surface area contributed by atoms with E-state index < -0.39 is 5.76 Å². The van der Waals surface area contributed by atoms with Crippen molar-refractivity contribution in [2.45, 2.75) is 6.92 Å². The minimum absolute atomic E-state index is 0.444. The van der Waals surface area contributed by atoms with E-state index in [2.05, 4.69) is 10.4 Å². The van der Waals surface area contributed by atoms with Crippen LogP contribution in [-0.4, -0.2) is 4.98 Å². The highest BCUT2D eigenvalue weighted by Gasteiger charge is 2.12. The molecule has 0 amide bonds. The van der Waals surface area contributed by atoms with Gasteiger partial charge < -0.3 is 9.84 Å². The molecule has 1 aliphatic rings. The third kappa shape index (κ3) is 1.61. The quantitative estimate of drug-likeness (QED) is 0.783. The lowest BCUT2D eigenvalue weighted by molar-refractivity contribution is 0.554. The highest BCUT2D eigenvalue weighted by Crippen LogP contribution is 2.25. The summed E-state index contributed by atoms with van der Waals surface area (Å²) >= 11 is 0. The number of aromatic nitrogens is 1. The summed E-state index contributed by atoms with van der Waals surface area (Å²) in [5.41, 5.74) is 6.25. The second kappa shape index (κ2) is 3.55. The van der Waals surface area contributed by atoms with Crippen molar-refractivity contribution in [3.63, 3.8) is 0 Å². The normalized spacial score (nSPS) is 14.9. The Kier molecular flexibility index (Phi) is 2.04. The summed E-state index contributed by atoms with van der Waals surface area (Å²) in [5, 5.41) is 1.80. The molecule has 0 saturated carbocycles. The summed E-state index contributed by atoms with van der Waals surface area (Å²) in [6.07, 6.45) is 5.74. The topological polar surface area (TPSA) is 61.3 Å². The molecule has 1 aliphatic heterocycles. The van der Waals surface area contributed by atoms with Gasteiger partial charge in [-0.2, -0.15) is 0 Å². The zero-order chi connectivity index (χ0) is 11.8. The first-order valence-electron chi connectivity index (χ1n) is 5.26. The summed E-state index contributed by atoms with van der Waals surface area (Å²) in [5.74, 6) is -0.444. The second-order valence-corrected chi connectivity index (χ2v) is 3.87. The minimum atomic E-state index is -0.444. The monoisotopic (exact) mass is 229 g/mol. The highest BCUT2D eigenvalue weighted by molar-refractivity contribution is 5.86. The molecule has 1 aromatic heterocycles. The van der Waals surface area contributed by atoms with Gasteiger partial charge in [0.1, 0.15) is 5.69 Å². The molecule has 0 spiro atoms. The van der Waals surface area contributed by atoms with Crippen molar-refractivity contribution in [2.24, 2.45) is 0 Å². The first-order chi connectivity index (χ1) is 8.24. The van der Waals surface area contributed by atoms with Gasteiger partial charge in [0.25, 0.3) is 0 Å². The van der Waals surface area contributed by atoms with Crippen molar-refractivity contribution in [2.75, 3.05) is 5.01 Å². The van der Waals surface area contributed by atoms with E-state index in [-0.39, 0.29) is 0 Å². The summed E-state index contributed by atoms with van der Waals surface area (Å²) in [7, 11) is 0. The third-order valence-electron chi connectivity index (χ3n) is 2.60. The van der Waals surface area contributed by atoms with Crippen LogP contribution in [0.25, 0.3) is 11.1 Å². The molecule has 0 atom stereocenters. The maximum absolute atomic E-state index is 11.2. The van der Waals surface area contributed by atoms with Crippen LogP contribution in [0, 0.1) is 0 Å². The number of nitrogens with zero attached hydrogens (tertiary/aromatic N) is 1. The summed E-state index contributed by atoms with van der Waals surface area (Å²) in [6, 6.07) is 5.55. The number of para-hydroxylation sites is 1. The molecule has 0 radical (unpaired) electrons. The lowest BCUT2D eigenvalue weighted by Gasteiger charge is -2.23. The number of anilines is 1. The number of hydrogen-bond acceptors (Lipinski definition) is 4. The molecule has 2 N–H and O–H groups in total. The molecule has 17 heavy (non-hydrogen) atoms. The van der Waals surface area contributed by atoms with Gasteiger partial charge in [-0.3, -0.25) is 9.99 Å². The maximum Gasteiger partial charge on any atom is 0.417 e. The molecule has 86 valence electrons. The standard InChI is InChI=1S/C12H11N3O2/c1-8-5-6-15(13-7-8)10-4-2-3-9-11(10)17-12(16)14-9/h2-7,13H,1H3,(H,14,16). The van der Waals surface area contributed by atoms with Crippen LogP contribution in [0.3, 0.4) is 0 Å². The van der Waals surface area contributed by atoms with E-state index in [0.717, 1.165) is 11.3 Å². The Bertz CT molecular complexity index is 678. The van der Waals surface area contributed by atoms with Crippen LogP contribution in [0.15, 0.2) is 51.5 Å². The molecule has 5 nitrogen and oxygen atoms in total. The van der Waals surface area contributed by atoms with Crippen LogP contribution in [-0.2, 0) is 0 Å². The fourth-order valence-electron chi connectivity index (χ4n) is 1.75. The van der Waals surface area contributed by atoms with Crippen LogP contribution < -0.4 is 16.2 Å². The number of aromatic amines is 1. The van der Waals surface area contributed by atoms with E-state index in [1.165, 1.54) is 0 Å². The Morgan fingerprint density at radius 3 is 3.00 bits per heavy atom. The van der Waals surface area contributed by atoms with Crippen LogP contribution in [0.4, 0.5) is 5.69 Å². The molecule has 0 unspecified atom stereocenters. The predicted octanol–water partition coefficient (Wildman–Crippen LogP) is 1.86. The summed E-state index contributed by atoms with van der Waals surface area (Å²) in [4.78, 5) is 13.8. The summed E-state index contributed by atoms with van der Waals surface area (Å²) < 4.78 is 5.13. The molecular weight excluding hydrogens is 218 g/mol. The van der Waals surface area contributed by atoms with Crippen molar-refractivity contribution in [3.8, 4) is 0 Å². The van der Waals surface area contributed by atoms with E-state index in [9.17, 15) is 4.79 Å². The fraction of sp³-hybridized carbons (Fsp3) is 0.0833. The first-order valence-corrected chi connectivity index (χ1v) is 5.26. The van der Waals surface area contributed by atoms with Crippen molar-refractivity contribution in [1.82, 2.24) is 10.4 Å². The van der Waals surface area contributed by atoms with Crippen molar-refractivity contribution >= 4 is 16.8 Å². The Morgan fingerprint density at radius 2 is 2.24 bits per heavy atom. The van der Waals surface area contributed by atoms with Gasteiger partial charge >= 0.3 is 5.76 Å². The zero-order valence-electron chi connectivity index (χ0n) is 9.23. The number of benzene rings is 1. The van der Waals surface area contributed by atoms with E-state index in [1.807, 2.05) is 37.5 Å². The average molecular weight is 229 g/mol. The number of hydrazine groups is 1. The smallest absolute Gasteiger partial charge is 0.406 e. The largest absolute Gasteiger partial charge is 0.417 e. The van der Waals surface area contributed by atoms with Gasteiger partial charge in [-0.25, -0.2) is 4.79 Å². The summed E-state index contributed by atoms with van der Waals surface area (Å²) in [6.45, 7) is 2.00. The number of hydrogen-bond donors (Lipinski definition) is 2. The van der Waals surface area contributed by atoms with Gasteiger partial charge in [-0.1, -0.05) is 6.07 Å². The Labute approximate surface area is 97.0 Å². The maximum atomic E-state index is 11.2. The van der Waals surface area contributed by atoms with Gasteiger partial charge in [0.15, 0.2) is 5.58 Å². The molecule has 3 rings (SSSR count). The van der Waals surface area contributed by atoms with E-state index in [1.54, 1.807) is 11.1 Å². The van der Waals surface area contributed by atoms with E-state index in [0.29, 0.717) is 11.1 Å². The Hall–Kier alpha value is -2.43. The minimum Gasteiger partial charge on any atom is -0.406 e. The van der Waals surface area contributed by atoms with Gasteiger partial charge in [-0.05, 0) is 30.7 Å². The van der Waals surface area contributed by atoms with Gasteiger partial charge in [-0.15, -0.1) is 0 Å². The van der Waals surface area contributed by atoms with Gasteiger partial charge in [0, 0.05) is 12.4 Å². The molecule has 5 heteroatoms. The number of H-pyrrole nitrogens is 1. The van der Waals surface area contributed by atoms with E-state index in [4.69, 9.17) is 4.42 Å². The number of rotatable bonds is 1. The highest BCUT2D eigenvalue weighted by atomic mass is 16.4. The Balaban J connectivity index is 2.12. The SMILES string of the molecule is CC1=CNN(c2cccc3[nH]c(=O)oc23)C=C1. The van der Waals surface area contributed by atoms with Crippen LogP contribution in [0.2, 0.25) is 0 Å². The van der Waals surface area contributed by atoms with Crippen molar-refractivity contribution < 1.29 is 4.42 Å². The number of fused-ring (bicyclic) bond motifs is 1. The third-order valence-corrected chi connectivity index (χ3v) is 2.60. The van der Waals surface area contributed by atoms with Crippen molar-refractivity contribution in [3.05, 3.63) is 52.8 Å². The molecule has 2 heterocycles. The van der Waals surface area contributed by atoms with Crippen molar-refractivity contribution in [1.29, 1.82) is 0 Å². The molecule has 2 aromatic rings. The first kappa shape index (κ1) is 9.77. The molecular formula is C12H11N3O2. The second-order valence-electron chi connectivity index (χ2n) is 3.87. The number of oxazole rings is 1. The molecule has 0 bridgehead atoms. The van der Waals surface area contributed by atoms with Gasteiger partial charge in [0.05, 0.1) is 5.52 Å². The predicted molar refractivity (Wildman–Crippen MR) is 65.3 cm³/mol. The van der Waals surface area contributed by atoms with Gasteiger partial charge in [0.2, 0.25) is 0 Å². The lowest BCUT2D eigenvalue weighted by Crippen LogP contribution is -2.30. The zero-order valence-corrected chi connectivity index (χ0v) is 9.23. The number of allylic oxidation sites excluding steroid dienone is 2. The van der Waals surface area contributed by atoms with Crippen LogP contribution >= 0.6 is 0 Å². The fourth-order valence-corrected chi connectivity index (χ4v) is 1.75. The molecule has 1 aromatic carbocycles. The van der Waals surface area contributed by atoms with E-state index >= 15 is 0 Å². The average Bonchev–Trinajstić information content (AvgIpc) is 2.70. The number of nitrogens with one attached hydrogen (secondary N) is 2. The van der Waals surface area contributed by atoms with Crippen LogP contribution in [0.5, 0.6) is 0 Å². The Morgan fingerprint density at radius 1 is 1.35 bits per heavy atom. The molecule has 0 saturated heterocycles. The molecule has 0 aliphatic carbocycles.